The number of sulfonamides is 1. The molecule has 9 nitrogen and oxygen atoms in total. The summed E-state index contributed by atoms with van der Waals surface area (Å²) in [6.07, 6.45) is 0.650. The number of benzene rings is 3. The van der Waals surface area contributed by atoms with Gasteiger partial charge in [0.2, 0.25) is 0 Å². The highest BCUT2D eigenvalue weighted by Gasteiger charge is 2.30. The molecule has 2 heterocycles. The van der Waals surface area contributed by atoms with Crippen molar-refractivity contribution in [2.75, 3.05) is 25.1 Å². The smallest absolute Gasteiger partial charge is 0.325 e. The number of ether oxygens (including phenoxy) is 2. The number of hydrogen-bond acceptors (Lipinski definition) is 7. The molecule has 37 heavy (non-hydrogen) atoms. The third-order valence-electron chi connectivity index (χ3n) is 6.14. The molecule has 0 saturated heterocycles. The van der Waals surface area contributed by atoms with Gasteiger partial charge in [-0.3, -0.25) is 13.9 Å². The Morgan fingerprint density at radius 1 is 1.03 bits per heavy atom. The van der Waals surface area contributed by atoms with Gasteiger partial charge in [-0.25, -0.2) is 8.42 Å². The Morgan fingerprint density at radius 3 is 2.51 bits per heavy atom. The van der Waals surface area contributed by atoms with Crippen molar-refractivity contribution in [1.82, 2.24) is 4.57 Å². The predicted molar refractivity (Wildman–Crippen MR) is 139 cm³/mol. The Labute approximate surface area is 217 Å². The van der Waals surface area contributed by atoms with Gasteiger partial charge in [-0.2, -0.15) is 4.99 Å². The number of rotatable bonds is 6. The minimum Gasteiger partial charge on any atom is -0.497 e. The molecule has 0 spiro atoms. The molecule has 1 aromatic heterocycles. The van der Waals surface area contributed by atoms with Crippen LogP contribution in [0.1, 0.15) is 15.9 Å². The summed E-state index contributed by atoms with van der Waals surface area (Å²) in [5.41, 5.74) is 2.59. The van der Waals surface area contributed by atoms with Crippen molar-refractivity contribution in [2.24, 2.45) is 4.99 Å². The van der Waals surface area contributed by atoms with E-state index in [0.717, 1.165) is 10.3 Å². The third kappa shape index (κ3) is 4.63. The average Bonchev–Trinajstić information content (AvgIpc) is 3.50. The molecule has 0 atom stereocenters. The molecule has 5 rings (SSSR count). The average molecular weight is 538 g/mol. The maximum atomic E-state index is 13.3. The van der Waals surface area contributed by atoms with Crippen LogP contribution < -0.4 is 13.8 Å². The van der Waals surface area contributed by atoms with Gasteiger partial charge in [-0.05, 0) is 60.5 Å². The van der Waals surface area contributed by atoms with Crippen LogP contribution in [-0.2, 0) is 32.5 Å². The number of aromatic nitrogens is 1. The zero-order valence-corrected chi connectivity index (χ0v) is 21.7. The Balaban J connectivity index is 1.47. The van der Waals surface area contributed by atoms with E-state index < -0.39 is 21.9 Å². The van der Waals surface area contributed by atoms with Crippen LogP contribution in [0.5, 0.6) is 5.75 Å². The molecule has 4 aromatic rings. The lowest BCUT2D eigenvalue weighted by Gasteiger charge is -2.19. The van der Waals surface area contributed by atoms with Gasteiger partial charge in [-0.15, -0.1) is 0 Å². The molecule has 11 heteroatoms. The fourth-order valence-corrected chi connectivity index (χ4v) is 6.78. The summed E-state index contributed by atoms with van der Waals surface area (Å²) in [6, 6.07) is 18.5. The summed E-state index contributed by atoms with van der Waals surface area (Å²) in [4.78, 5) is 29.7. The number of methoxy groups -OCH3 is 2. The second-order valence-electron chi connectivity index (χ2n) is 8.28. The quantitative estimate of drug-likeness (QED) is 0.349. The molecule has 1 aliphatic heterocycles. The Bertz CT molecular complexity index is 1690. The highest BCUT2D eigenvalue weighted by atomic mass is 32.2. The molecule has 0 radical (unpaired) electrons. The van der Waals surface area contributed by atoms with E-state index in [9.17, 15) is 18.0 Å². The van der Waals surface area contributed by atoms with E-state index in [4.69, 9.17) is 9.47 Å². The normalized spacial score (nSPS) is 13.6. The zero-order valence-electron chi connectivity index (χ0n) is 20.1. The second kappa shape index (κ2) is 9.83. The van der Waals surface area contributed by atoms with Gasteiger partial charge in [-0.1, -0.05) is 29.5 Å². The van der Waals surface area contributed by atoms with E-state index in [0.29, 0.717) is 34.7 Å². The minimum absolute atomic E-state index is 0.0930. The number of fused-ring (bicyclic) bond motifs is 2. The maximum absolute atomic E-state index is 13.3. The maximum Gasteiger partial charge on any atom is 0.325 e. The van der Waals surface area contributed by atoms with Gasteiger partial charge in [0.05, 0.1) is 35.0 Å². The number of hydrogen-bond donors (Lipinski definition) is 0. The molecule has 0 unspecified atom stereocenters. The lowest BCUT2D eigenvalue weighted by molar-refractivity contribution is -0.141. The molecule has 0 N–H and O–H groups in total. The van der Waals surface area contributed by atoms with Crippen LogP contribution in [0.15, 0.2) is 76.6 Å². The van der Waals surface area contributed by atoms with Gasteiger partial charge in [0, 0.05) is 12.1 Å². The van der Waals surface area contributed by atoms with Crippen LogP contribution >= 0.6 is 11.3 Å². The van der Waals surface area contributed by atoms with Gasteiger partial charge in [0.25, 0.3) is 15.9 Å². The fraction of sp³-hybridized carbons (Fsp3) is 0.192. The van der Waals surface area contributed by atoms with Crippen molar-refractivity contribution in [3.8, 4) is 5.75 Å². The number of nitrogens with zero attached hydrogens (tertiary/aromatic N) is 3. The van der Waals surface area contributed by atoms with Crippen molar-refractivity contribution in [2.45, 2.75) is 17.9 Å². The van der Waals surface area contributed by atoms with E-state index in [1.807, 2.05) is 18.2 Å². The number of carbonyl (C=O) groups excluding carboxylic acids is 2. The first-order valence-electron chi connectivity index (χ1n) is 11.4. The number of para-hydroxylation sites is 1. The third-order valence-corrected chi connectivity index (χ3v) is 9.00. The Hall–Kier alpha value is -3.96. The molecule has 1 aliphatic rings. The van der Waals surface area contributed by atoms with E-state index in [1.165, 1.54) is 47.0 Å². The second-order valence-corrected chi connectivity index (χ2v) is 11.1. The van der Waals surface area contributed by atoms with E-state index >= 15 is 0 Å². The minimum atomic E-state index is -3.77. The number of amides is 1. The largest absolute Gasteiger partial charge is 0.497 e. The van der Waals surface area contributed by atoms with Crippen LogP contribution in [0, 0.1) is 0 Å². The standard InChI is InChI=1S/C26H23N3O6S2/c1-34-19-9-12-22-23(15-19)36-26(28(22)16-24(30)35-2)27-25(31)18-7-10-20(11-8-18)37(32,33)29-14-13-17-5-3-4-6-21(17)29/h3-12,15H,13-14,16H2,1-2H3. The van der Waals surface area contributed by atoms with Crippen LogP contribution in [-0.4, -0.2) is 45.6 Å². The van der Waals surface area contributed by atoms with Gasteiger partial charge in [0.1, 0.15) is 12.3 Å². The molecule has 190 valence electrons. The molecular weight excluding hydrogens is 514 g/mol. The van der Waals surface area contributed by atoms with Crippen molar-refractivity contribution in [3.05, 3.63) is 82.7 Å². The zero-order chi connectivity index (χ0) is 26.2. The van der Waals surface area contributed by atoms with Crippen molar-refractivity contribution in [3.63, 3.8) is 0 Å². The Kier molecular flexibility index (Phi) is 6.57. The van der Waals surface area contributed by atoms with Crippen molar-refractivity contribution < 1.29 is 27.5 Å². The predicted octanol–water partition coefficient (Wildman–Crippen LogP) is 3.38. The summed E-state index contributed by atoms with van der Waals surface area (Å²) in [6.45, 7) is 0.248. The lowest BCUT2D eigenvalue weighted by atomic mass is 10.2. The topological polar surface area (TPSA) is 107 Å². The lowest BCUT2D eigenvalue weighted by Crippen LogP contribution is -2.29. The molecule has 0 saturated carbocycles. The number of thiazole rings is 1. The van der Waals surface area contributed by atoms with E-state index in [2.05, 4.69) is 4.99 Å². The number of carbonyl (C=O) groups is 2. The number of anilines is 1. The Morgan fingerprint density at radius 2 is 1.78 bits per heavy atom. The molecule has 0 aliphatic carbocycles. The summed E-state index contributed by atoms with van der Waals surface area (Å²) in [5, 5.41) is 0. The first-order valence-corrected chi connectivity index (χ1v) is 13.6. The van der Waals surface area contributed by atoms with Crippen LogP contribution in [0.4, 0.5) is 5.69 Å². The molecular formula is C26H23N3O6S2. The van der Waals surface area contributed by atoms with E-state index in [1.54, 1.807) is 35.9 Å². The molecule has 0 fully saturated rings. The van der Waals surface area contributed by atoms with E-state index in [-0.39, 0.29) is 17.0 Å². The highest BCUT2D eigenvalue weighted by molar-refractivity contribution is 7.92. The molecule has 3 aromatic carbocycles. The van der Waals surface area contributed by atoms with Gasteiger partial charge < -0.3 is 14.0 Å². The highest BCUT2D eigenvalue weighted by Crippen LogP contribution is 2.32. The summed E-state index contributed by atoms with van der Waals surface area (Å²) < 4.78 is 40.4. The van der Waals surface area contributed by atoms with Gasteiger partial charge >= 0.3 is 5.97 Å². The van der Waals surface area contributed by atoms with Crippen LogP contribution in [0.3, 0.4) is 0 Å². The van der Waals surface area contributed by atoms with Gasteiger partial charge in [0.15, 0.2) is 4.80 Å². The summed E-state index contributed by atoms with van der Waals surface area (Å²) in [7, 11) is -0.930. The van der Waals surface area contributed by atoms with Crippen molar-refractivity contribution >= 4 is 49.1 Å². The van der Waals surface area contributed by atoms with Crippen LogP contribution in [0.25, 0.3) is 10.2 Å². The summed E-state index contributed by atoms with van der Waals surface area (Å²) in [5.74, 6) is -0.413. The monoisotopic (exact) mass is 537 g/mol. The molecule has 1 amide bonds. The van der Waals surface area contributed by atoms with Crippen LogP contribution in [0.2, 0.25) is 0 Å². The van der Waals surface area contributed by atoms with Crippen molar-refractivity contribution in [1.29, 1.82) is 0 Å². The fourth-order valence-electron chi connectivity index (χ4n) is 4.22. The SMILES string of the molecule is COC(=O)Cn1c(=NC(=O)c2ccc(S(=O)(=O)N3CCc4ccccc43)cc2)sc2cc(OC)ccc21. The first kappa shape index (κ1) is 24.7. The first-order chi connectivity index (χ1) is 17.8. The summed E-state index contributed by atoms with van der Waals surface area (Å²) >= 11 is 1.23. The number of esters is 1. The molecule has 0 bridgehead atoms.